The zero-order chi connectivity index (χ0) is 32.3. The van der Waals surface area contributed by atoms with E-state index in [1.54, 1.807) is 43.9 Å². The van der Waals surface area contributed by atoms with Crippen LogP contribution in [0.3, 0.4) is 0 Å². The molecule has 10 nitrogen and oxygen atoms in total. The van der Waals surface area contributed by atoms with Gasteiger partial charge in [0.15, 0.2) is 0 Å². The summed E-state index contributed by atoms with van der Waals surface area (Å²) in [6.07, 6.45) is 8.02. The van der Waals surface area contributed by atoms with Crippen molar-refractivity contribution in [2.45, 2.75) is 103 Å². The Kier molecular flexibility index (Phi) is 10.0. The molecule has 11 heteroatoms. The second-order valence-electron chi connectivity index (χ2n) is 14.0. The van der Waals surface area contributed by atoms with E-state index in [1.807, 2.05) is 0 Å². The number of alkyl halides is 1. The first-order valence-corrected chi connectivity index (χ1v) is 16.4. The quantitative estimate of drug-likeness (QED) is 0.302. The number of fused-ring (bicyclic) bond motifs is 1. The highest BCUT2D eigenvalue weighted by atomic mass is 19.1. The molecule has 1 aromatic heterocycles. The van der Waals surface area contributed by atoms with Gasteiger partial charge in [0.25, 0.3) is 0 Å². The van der Waals surface area contributed by atoms with Crippen LogP contribution in [0.2, 0.25) is 0 Å². The van der Waals surface area contributed by atoms with Gasteiger partial charge in [0.2, 0.25) is 17.6 Å². The lowest BCUT2D eigenvalue weighted by molar-refractivity contribution is -0.142. The Labute approximate surface area is 263 Å². The molecule has 0 bridgehead atoms. The molecule has 3 amide bonds. The van der Waals surface area contributed by atoms with Crippen molar-refractivity contribution in [1.29, 1.82) is 0 Å². The third-order valence-corrected chi connectivity index (χ3v) is 9.80. The summed E-state index contributed by atoms with van der Waals surface area (Å²) in [5.41, 5.74) is 0.246. The fourth-order valence-corrected chi connectivity index (χ4v) is 7.64. The van der Waals surface area contributed by atoms with Crippen LogP contribution in [-0.4, -0.2) is 64.8 Å². The van der Waals surface area contributed by atoms with Crippen LogP contribution in [-0.2, 0) is 14.3 Å². The van der Waals surface area contributed by atoms with E-state index in [2.05, 4.69) is 10.6 Å². The van der Waals surface area contributed by atoms with Gasteiger partial charge in [-0.25, -0.2) is 14.0 Å². The Hall–Kier alpha value is -3.63. The molecule has 2 saturated carbocycles. The molecule has 3 atom stereocenters. The van der Waals surface area contributed by atoms with E-state index in [0.29, 0.717) is 54.8 Å². The maximum Gasteiger partial charge on any atom is 0.407 e. The Balaban J connectivity index is 1.27. The number of rotatable bonds is 8. The molecule has 1 aromatic carbocycles. The highest BCUT2D eigenvalue weighted by molar-refractivity contribution is 6.00. The third-order valence-electron chi connectivity index (χ3n) is 9.80. The molecule has 246 valence electrons. The van der Waals surface area contributed by atoms with Crippen LogP contribution in [0.4, 0.5) is 14.9 Å². The Morgan fingerprint density at radius 1 is 1.02 bits per heavy atom. The van der Waals surface area contributed by atoms with Crippen LogP contribution in [0.15, 0.2) is 28.7 Å². The number of likely N-dealkylation sites (tertiary alicyclic amines) is 1. The van der Waals surface area contributed by atoms with Gasteiger partial charge in [-0.05, 0) is 94.9 Å². The topological polar surface area (TPSA) is 138 Å². The lowest BCUT2D eigenvalue weighted by Gasteiger charge is -2.37. The summed E-state index contributed by atoms with van der Waals surface area (Å²) in [6, 6.07) is 5.16. The number of ether oxygens (including phenoxy) is 1. The second kappa shape index (κ2) is 13.8. The number of anilines is 1. The average molecular weight is 628 g/mol. The number of alkyl carbamates (subject to hydrolysis) is 1. The fraction of sp³-hybridized carbons (Fsp3) is 0.647. The van der Waals surface area contributed by atoms with Crippen LogP contribution in [0.25, 0.3) is 11.0 Å². The summed E-state index contributed by atoms with van der Waals surface area (Å²) >= 11 is 0. The van der Waals surface area contributed by atoms with Crippen LogP contribution in [0, 0.1) is 23.7 Å². The predicted molar refractivity (Wildman–Crippen MR) is 167 cm³/mol. The molecular weight excluding hydrogens is 581 g/mol. The number of carbonyl (C=O) groups excluding carboxylic acids is 3. The average Bonchev–Trinajstić information content (AvgIpc) is 3.64. The molecule has 0 radical (unpaired) electrons. The van der Waals surface area contributed by atoms with E-state index >= 15 is 0 Å². The van der Waals surface area contributed by atoms with Gasteiger partial charge in [0, 0.05) is 23.5 Å². The SMILES string of the molecule is CC(C)(C)OC(=O)N[C@@H](CF)C1CCC(C(=O)N2CC[C@@H](C3CCCCC3)[C@H]2C(=O)Nc2ccc3oc(C(=O)O)cc3c2)CC1. The first-order chi connectivity index (χ1) is 21.4. The number of carboxylic acid groups (broad SMARTS) is 1. The number of benzene rings is 1. The van der Waals surface area contributed by atoms with Gasteiger partial charge in [-0.2, -0.15) is 0 Å². The molecule has 3 N–H and O–H groups in total. The summed E-state index contributed by atoms with van der Waals surface area (Å²) in [7, 11) is 0. The van der Waals surface area contributed by atoms with E-state index in [1.165, 1.54) is 12.5 Å². The number of amides is 3. The third kappa shape index (κ3) is 7.79. The minimum atomic E-state index is -1.17. The number of hydrogen-bond donors (Lipinski definition) is 3. The highest BCUT2D eigenvalue weighted by Gasteiger charge is 2.47. The van der Waals surface area contributed by atoms with E-state index < -0.39 is 36.4 Å². The zero-order valence-electron chi connectivity index (χ0n) is 26.5. The van der Waals surface area contributed by atoms with Crippen LogP contribution >= 0.6 is 0 Å². The molecule has 2 aliphatic carbocycles. The van der Waals surface area contributed by atoms with E-state index in [-0.39, 0.29) is 35.3 Å². The summed E-state index contributed by atoms with van der Waals surface area (Å²) in [6.45, 7) is 5.09. The lowest BCUT2D eigenvalue weighted by Crippen LogP contribution is -2.50. The van der Waals surface area contributed by atoms with Crippen LogP contribution in [0.1, 0.15) is 95.5 Å². The molecule has 3 fully saturated rings. The number of carboxylic acids is 1. The molecule has 0 spiro atoms. The minimum absolute atomic E-state index is 0.0276. The Morgan fingerprint density at radius 3 is 2.38 bits per heavy atom. The van der Waals surface area contributed by atoms with Gasteiger partial charge in [0.05, 0.1) is 6.04 Å². The lowest BCUT2D eigenvalue weighted by atomic mass is 9.76. The first kappa shape index (κ1) is 32.8. The molecule has 1 aliphatic heterocycles. The van der Waals surface area contributed by atoms with Gasteiger partial charge in [-0.3, -0.25) is 9.59 Å². The van der Waals surface area contributed by atoms with E-state index in [9.17, 15) is 28.7 Å². The van der Waals surface area contributed by atoms with Gasteiger partial charge < -0.3 is 29.8 Å². The number of hydrogen-bond acceptors (Lipinski definition) is 6. The monoisotopic (exact) mass is 627 g/mol. The second-order valence-corrected chi connectivity index (χ2v) is 14.0. The standard InChI is InChI=1S/C34H46FN3O7/c1-34(2,3)45-33(43)37-26(19-35)21-9-11-22(12-10-21)31(40)38-16-15-25(20-7-5-4-6-8-20)29(38)30(39)36-24-13-14-27-23(17-24)18-28(44-27)32(41)42/h13-14,17-18,20-22,25-26,29H,4-12,15-16,19H2,1-3H3,(H,36,39)(H,37,43)(H,41,42)/t21?,22?,25-,26-,29-/m0/s1. The zero-order valence-corrected chi connectivity index (χ0v) is 26.5. The van der Waals surface area contributed by atoms with Crippen molar-refractivity contribution in [3.63, 3.8) is 0 Å². The first-order valence-electron chi connectivity index (χ1n) is 16.4. The normalized spacial score (nSPS) is 25.1. The predicted octanol–water partition coefficient (Wildman–Crippen LogP) is 6.54. The molecule has 2 aromatic rings. The highest BCUT2D eigenvalue weighted by Crippen LogP contribution is 2.41. The van der Waals surface area contributed by atoms with Crippen LogP contribution in [0.5, 0.6) is 0 Å². The molecule has 45 heavy (non-hydrogen) atoms. The molecule has 0 unspecified atom stereocenters. The Bertz CT molecular complexity index is 1390. The minimum Gasteiger partial charge on any atom is -0.475 e. The van der Waals surface area contributed by atoms with Crippen molar-refractivity contribution in [2.24, 2.45) is 23.7 Å². The van der Waals surface area contributed by atoms with Gasteiger partial charge in [-0.15, -0.1) is 0 Å². The summed E-state index contributed by atoms with van der Waals surface area (Å²) < 4.78 is 24.6. The number of nitrogens with one attached hydrogen (secondary N) is 2. The molecule has 1 saturated heterocycles. The van der Waals surface area contributed by atoms with Gasteiger partial charge >= 0.3 is 12.1 Å². The van der Waals surface area contributed by atoms with Crippen molar-refractivity contribution in [3.8, 4) is 0 Å². The summed E-state index contributed by atoms with van der Waals surface area (Å²) in [5, 5.41) is 15.5. The largest absolute Gasteiger partial charge is 0.475 e. The molecular formula is C34H46FN3O7. The van der Waals surface area contributed by atoms with Crippen molar-refractivity contribution < 1.29 is 37.8 Å². The van der Waals surface area contributed by atoms with Crippen LogP contribution < -0.4 is 10.6 Å². The number of halogens is 1. The van der Waals surface area contributed by atoms with E-state index in [4.69, 9.17) is 9.15 Å². The number of furan rings is 1. The Morgan fingerprint density at radius 2 is 1.73 bits per heavy atom. The van der Waals surface area contributed by atoms with E-state index in [0.717, 1.165) is 32.1 Å². The molecule has 5 rings (SSSR count). The summed E-state index contributed by atoms with van der Waals surface area (Å²) in [5.74, 6) is -1.52. The van der Waals surface area contributed by atoms with Crippen molar-refractivity contribution in [3.05, 3.63) is 30.0 Å². The van der Waals surface area contributed by atoms with Gasteiger partial charge in [-0.1, -0.05) is 32.1 Å². The number of aromatic carboxylic acids is 1. The van der Waals surface area contributed by atoms with Crippen molar-refractivity contribution in [2.75, 3.05) is 18.5 Å². The number of carbonyl (C=O) groups is 4. The maximum absolute atomic E-state index is 14.0. The smallest absolute Gasteiger partial charge is 0.407 e. The van der Waals surface area contributed by atoms with Crippen molar-refractivity contribution in [1.82, 2.24) is 10.2 Å². The molecule has 3 aliphatic rings. The summed E-state index contributed by atoms with van der Waals surface area (Å²) in [4.78, 5) is 53.4. The van der Waals surface area contributed by atoms with Gasteiger partial charge in [0.1, 0.15) is 23.9 Å². The maximum atomic E-state index is 14.0. The number of nitrogens with zero attached hydrogens (tertiary/aromatic N) is 1. The fourth-order valence-electron chi connectivity index (χ4n) is 7.64. The molecule has 2 heterocycles. The van der Waals surface area contributed by atoms with Crippen molar-refractivity contribution >= 4 is 40.5 Å².